The number of nitrogens with one attached hydrogen (secondary N) is 1. The van der Waals surface area contributed by atoms with E-state index in [-0.39, 0.29) is 23.9 Å². The van der Waals surface area contributed by atoms with E-state index in [2.05, 4.69) is 31.0 Å². The minimum absolute atomic E-state index is 0.0239. The number of hydrogen-bond donors (Lipinski definition) is 1. The number of hydrogen-bond acceptors (Lipinski definition) is 5. The van der Waals surface area contributed by atoms with Crippen molar-refractivity contribution in [1.29, 1.82) is 0 Å². The Bertz CT molecular complexity index is 762. The van der Waals surface area contributed by atoms with Crippen LogP contribution in [-0.2, 0) is 14.8 Å². The fourth-order valence-electron chi connectivity index (χ4n) is 4.21. The first-order valence-corrected chi connectivity index (χ1v) is 12.6. The first kappa shape index (κ1) is 21.7. The molecular formula is C20H33N3O3S2. The number of piperidine rings is 2. The van der Waals surface area contributed by atoms with Crippen LogP contribution >= 0.6 is 11.3 Å². The number of amides is 1. The number of sulfonamides is 1. The van der Waals surface area contributed by atoms with Gasteiger partial charge < -0.3 is 5.32 Å². The molecule has 0 radical (unpaired) electrons. The molecule has 1 N–H and O–H groups in total. The first-order valence-electron chi connectivity index (χ1n) is 10.3. The van der Waals surface area contributed by atoms with E-state index in [0.717, 1.165) is 25.9 Å². The molecule has 3 rings (SSSR count). The summed E-state index contributed by atoms with van der Waals surface area (Å²) >= 11 is 1.23. The minimum atomic E-state index is -3.49. The molecule has 0 saturated carbocycles. The summed E-state index contributed by atoms with van der Waals surface area (Å²) in [5.41, 5.74) is -0.0955. The molecule has 3 heterocycles. The molecule has 158 valence electrons. The van der Waals surface area contributed by atoms with Crippen LogP contribution in [0.4, 0.5) is 0 Å². The molecule has 0 spiro atoms. The average molecular weight is 428 g/mol. The Morgan fingerprint density at radius 2 is 2.00 bits per heavy atom. The summed E-state index contributed by atoms with van der Waals surface area (Å²) in [6, 6.07) is 3.38. The zero-order valence-corrected chi connectivity index (χ0v) is 18.8. The van der Waals surface area contributed by atoms with Gasteiger partial charge in [-0.2, -0.15) is 4.31 Å². The van der Waals surface area contributed by atoms with E-state index in [0.29, 0.717) is 23.2 Å². The van der Waals surface area contributed by atoms with Gasteiger partial charge in [0.15, 0.2) is 0 Å². The molecule has 6 nitrogen and oxygen atoms in total. The van der Waals surface area contributed by atoms with Gasteiger partial charge >= 0.3 is 0 Å². The highest BCUT2D eigenvalue weighted by atomic mass is 32.2. The van der Waals surface area contributed by atoms with E-state index in [1.54, 1.807) is 17.5 Å². The third-order valence-electron chi connectivity index (χ3n) is 6.05. The molecule has 2 saturated heterocycles. The van der Waals surface area contributed by atoms with Crippen LogP contribution in [0.15, 0.2) is 21.7 Å². The molecular weight excluding hydrogens is 394 g/mol. The Hall–Kier alpha value is -0.960. The maximum Gasteiger partial charge on any atom is 0.252 e. The first-order chi connectivity index (χ1) is 13.2. The van der Waals surface area contributed by atoms with Gasteiger partial charge in [0.1, 0.15) is 4.21 Å². The zero-order chi connectivity index (χ0) is 20.4. The molecule has 2 aliphatic heterocycles. The molecule has 2 aliphatic rings. The molecule has 0 aliphatic carbocycles. The monoisotopic (exact) mass is 427 g/mol. The molecule has 0 bridgehead atoms. The standard InChI is InChI=1S/C20H33N3O3S2/c1-16-7-4-10-22(13-16)20(2,3)15-21-19(24)17-8-5-11-23(14-17)28(25,26)18-9-6-12-27-18/h6,9,12,16-17H,4-5,7-8,10-11,13-15H2,1-3H3,(H,21,24). The van der Waals surface area contributed by atoms with E-state index >= 15 is 0 Å². The molecule has 2 unspecified atom stereocenters. The summed E-state index contributed by atoms with van der Waals surface area (Å²) in [6.45, 7) is 10.1. The molecule has 8 heteroatoms. The van der Waals surface area contributed by atoms with Crippen molar-refractivity contribution in [3.05, 3.63) is 17.5 Å². The fourth-order valence-corrected chi connectivity index (χ4v) is 6.88. The van der Waals surface area contributed by atoms with E-state index in [1.165, 1.54) is 28.5 Å². The lowest BCUT2D eigenvalue weighted by atomic mass is 9.93. The van der Waals surface area contributed by atoms with Crippen molar-refractivity contribution in [1.82, 2.24) is 14.5 Å². The lowest BCUT2D eigenvalue weighted by Gasteiger charge is -2.43. The van der Waals surface area contributed by atoms with E-state index in [4.69, 9.17) is 0 Å². The van der Waals surface area contributed by atoms with Crippen molar-refractivity contribution in [2.75, 3.05) is 32.7 Å². The Kier molecular flexibility index (Phi) is 6.84. The highest BCUT2D eigenvalue weighted by Gasteiger charge is 2.35. The van der Waals surface area contributed by atoms with Crippen molar-refractivity contribution < 1.29 is 13.2 Å². The Morgan fingerprint density at radius 1 is 1.25 bits per heavy atom. The summed E-state index contributed by atoms with van der Waals surface area (Å²) in [6.07, 6.45) is 3.94. The van der Waals surface area contributed by atoms with E-state index < -0.39 is 10.0 Å². The van der Waals surface area contributed by atoms with Gasteiger partial charge in [-0.1, -0.05) is 13.0 Å². The predicted octanol–water partition coefficient (Wildman–Crippen LogP) is 2.78. The lowest BCUT2D eigenvalue weighted by molar-refractivity contribution is -0.126. The number of carbonyl (C=O) groups excluding carboxylic acids is 1. The second-order valence-electron chi connectivity index (χ2n) is 8.86. The molecule has 2 atom stereocenters. The van der Waals surface area contributed by atoms with Crippen LogP contribution in [0.1, 0.15) is 46.5 Å². The number of carbonyl (C=O) groups is 1. The minimum Gasteiger partial charge on any atom is -0.354 e. The predicted molar refractivity (Wildman–Crippen MR) is 113 cm³/mol. The fraction of sp³-hybridized carbons (Fsp3) is 0.750. The molecule has 2 fully saturated rings. The highest BCUT2D eigenvalue weighted by Crippen LogP contribution is 2.27. The summed E-state index contributed by atoms with van der Waals surface area (Å²) in [5, 5.41) is 4.88. The van der Waals surface area contributed by atoms with Crippen LogP contribution in [0.25, 0.3) is 0 Å². The van der Waals surface area contributed by atoms with E-state index in [9.17, 15) is 13.2 Å². The highest BCUT2D eigenvalue weighted by molar-refractivity contribution is 7.91. The zero-order valence-electron chi connectivity index (χ0n) is 17.2. The summed E-state index contributed by atoms with van der Waals surface area (Å²) < 4.78 is 27.4. The Balaban J connectivity index is 1.57. The van der Waals surface area contributed by atoms with Gasteiger partial charge in [-0.05, 0) is 63.4 Å². The number of nitrogens with zero attached hydrogens (tertiary/aromatic N) is 2. The molecule has 1 aromatic rings. The third kappa shape index (κ3) is 4.96. The SMILES string of the molecule is CC1CCCN(C(C)(C)CNC(=O)C2CCCN(S(=O)(=O)c3cccs3)C2)C1. The van der Waals surface area contributed by atoms with Crippen LogP contribution in [0.3, 0.4) is 0 Å². The van der Waals surface area contributed by atoms with Gasteiger partial charge in [0.05, 0.1) is 5.92 Å². The quantitative estimate of drug-likeness (QED) is 0.758. The van der Waals surface area contributed by atoms with Crippen molar-refractivity contribution >= 4 is 27.3 Å². The van der Waals surface area contributed by atoms with Crippen molar-refractivity contribution in [3.8, 4) is 0 Å². The second kappa shape index (κ2) is 8.81. The normalized spacial score (nSPS) is 25.5. The number of thiophene rings is 1. The largest absolute Gasteiger partial charge is 0.354 e. The molecule has 1 amide bonds. The van der Waals surface area contributed by atoms with Crippen molar-refractivity contribution in [2.24, 2.45) is 11.8 Å². The Morgan fingerprint density at radius 3 is 2.68 bits per heavy atom. The van der Waals surface area contributed by atoms with Crippen LogP contribution in [0.2, 0.25) is 0 Å². The second-order valence-corrected chi connectivity index (χ2v) is 12.0. The molecule has 0 aromatic carbocycles. The summed E-state index contributed by atoms with van der Waals surface area (Å²) in [7, 11) is -3.49. The van der Waals surface area contributed by atoms with Gasteiger partial charge in [0.25, 0.3) is 10.0 Å². The van der Waals surface area contributed by atoms with Crippen LogP contribution in [-0.4, -0.2) is 61.8 Å². The van der Waals surface area contributed by atoms with Crippen LogP contribution < -0.4 is 5.32 Å². The summed E-state index contributed by atoms with van der Waals surface area (Å²) in [5.74, 6) is 0.391. The lowest BCUT2D eigenvalue weighted by Crippen LogP contribution is -2.55. The maximum absolute atomic E-state index is 12.8. The number of rotatable bonds is 6. The topological polar surface area (TPSA) is 69.7 Å². The number of likely N-dealkylation sites (tertiary alicyclic amines) is 1. The van der Waals surface area contributed by atoms with Gasteiger partial charge in [-0.3, -0.25) is 9.69 Å². The van der Waals surface area contributed by atoms with Gasteiger partial charge in [-0.25, -0.2) is 8.42 Å². The van der Waals surface area contributed by atoms with E-state index in [1.807, 2.05) is 0 Å². The summed E-state index contributed by atoms with van der Waals surface area (Å²) in [4.78, 5) is 15.3. The van der Waals surface area contributed by atoms with Crippen LogP contribution in [0.5, 0.6) is 0 Å². The van der Waals surface area contributed by atoms with Crippen LogP contribution in [0, 0.1) is 11.8 Å². The van der Waals surface area contributed by atoms with Crippen molar-refractivity contribution in [3.63, 3.8) is 0 Å². The van der Waals surface area contributed by atoms with Crippen molar-refractivity contribution in [2.45, 2.75) is 56.2 Å². The Labute approximate surface area is 173 Å². The average Bonchev–Trinajstić information content (AvgIpc) is 3.22. The molecule has 28 heavy (non-hydrogen) atoms. The smallest absolute Gasteiger partial charge is 0.252 e. The van der Waals surface area contributed by atoms with Gasteiger partial charge in [-0.15, -0.1) is 11.3 Å². The van der Waals surface area contributed by atoms with Gasteiger partial charge in [0, 0.05) is 31.7 Å². The maximum atomic E-state index is 12.8. The third-order valence-corrected chi connectivity index (χ3v) is 9.29. The van der Waals surface area contributed by atoms with Gasteiger partial charge in [0.2, 0.25) is 5.91 Å². The molecule has 1 aromatic heterocycles.